The quantitative estimate of drug-likeness (QED) is 0.875. The molecule has 0 saturated heterocycles. The predicted octanol–water partition coefficient (Wildman–Crippen LogP) is 4.01. The van der Waals surface area contributed by atoms with E-state index < -0.39 is 0 Å². The molecule has 3 fully saturated rings. The van der Waals surface area contributed by atoms with Crippen molar-refractivity contribution in [2.24, 2.45) is 29.6 Å². The second kappa shape index (κ2) is 4.81. The molecule has 1 nitrogen and oxygen atoms in total. The van der Waals surface area contributed by atoms with Crippen LogP contribution < -0.4 is 5.32 Å². The molecule has 0 spiro atoms. The molecular weight excluding hydrogens is 317 g/mol. The van der Waals surface area contributed by atoms with Gasteiger partial charge in [0.2, 0.25) is 0 Å². The van der Waals surface area contributed by atoms with E-state index in [1.165, 1.54) is 19.3 Å². The van der Waals surface area contributed by atoms with Gasteiger partial charge in [-0.1, -0.05) is 22.0 Å². The molecule has 1 N–H and O–H groups in total. The van der Waals surface area contributed by atoms with Crippen LogP contribution in [0.5, 0.6) is 0 Å². The number of benzene rings is 1. The van der Waals surface area contributed by atoms with Gasteiger partial charge in [-0.2, -0.15) is 0 Å². The summed E-state index contributed by atoms with van der Waals surface area (Å²) in [6.45, 7) is 0. The minimum absolute atomic E-state index is 0.0755. The van der Waals surface area contributed by atoms with E-state index in [-0.39, 0.29) is 5.82 Å². The lowest BCUT2D eigenvalue weighted by Gasteiger charge is -2.20. The van der Waals surface area contributed by atoms with Crippen LogP contribution in [0, 0.1) is 35.4 Å². The van der Waals surface area contributed by atoms with E-state index in [4.69, 9.17) is 0 Å². The maximum atomic E-state index is 14.0. The fourth-order valence-corrected chi connectivity index (χ4v) is 5.62. The minimum Gasteiger partial charge on any atom is -0.316 e. The van der Waals surface area contributed by atoms with E-state index >= 15 is 0 Å². The Labute approximate surface area is 128 Å². The van der Waals surface area contributed by atoms with Gasteiger partial charge in [0.1, 0.15) is 5.82 Å². The van der Waals surface area contributed by atoms with Crippen molar-refractivity contribution in [3.63, 3.8) is 0 Å². The van der Waals surface area contributed by atoms with Gasteiger partial charge in [-0.05, 0) is 80.0 Å². The van der Waals surface area contributed by atoms with Gasteiger partial charge < -0.3 is 5.32 Å². The summed E-state index contributed by atoms with van der Waals surface area (Å²) >= 11 is 3.33. The highest BCUT2D eigenvalue weighted by molar-refractivity contribution is 9.10. The molecule has 0 aromatic heterocycles. The van der Waals surface area contributed by atoms with Gasteiger partial charge in [0.25, 0.3) is 0 Å². The molecule has 5 unspecified atom stereocenters. The van der Waals surface area contributed by atoms with Crippen LogP contribution in [0.25, 0.3) is 0 Å². The van der Waals surface area contributed by atoms with E-state index in [9.17, 15) is 4.39 Å². The number of hydrogen-bond donors (Lipinski definition) is 1. The first-order valence-corrected chi connectivity index (χ1v) is 8.59. The van der Waals surface area contributed by atoms with E-state index in [0.29, 0.717) is 6.04 Å². The molecule has 3 heteroatoms. The van der Waals surface area contributed by atoms with Crippen LogP contribution in [-0.2, 0) is 6.42 Å². The van der Waals surface area contributed by atoms with Crippen LogP contribution in [0.3, 0.4) is 0 Å². The minimum atomic E-state index is -0.0755. The Balaban J connectivity index is 1.50. The maximum Gasteiger partial charge on any atom is 0.127 e. The average molecular weight is 338 g/mol. The molecule has 0 aliphatic heterocycles. The molecule has 20 heavy (non-hydrogen) atoms. The van der Waals surface area contributed by atoms with Crippen molar-refractivity contribution in [2.45, 2.75) is 31.7 Å². The number of rotatable bonds is 4. The largest absolute Gasteiger partial charge is 0.316 e. The van der Waals surface area contributed by atoms with Gasteiger partial charge in [-0.25, -0.2) is 4.39 Å². The summed E-state index contributed by atoms with van der Waals surface area (Å²) in [5, 5.41) is 3.47. The Morgan fingerprint density at radius 1 is 1.30 bits per heavy atom. The summed E-state index contributed by atoms with van der Waals surface area (Å²) in [6.07, 6.45) is 5.21. The van der Waals surface area contributed by atoms with Crippen molar-refractivity contribution >= 4 is 15.9 Å². The predicted molar refractivity (Wildman–Crippen MR) is 82.0 cm³/mol. The molecule has 3 aliphatic rings. The highest BCUT2D eigenvalue weighted by Gasteiger charge is 2.66. The van der Waals surface area contributed by atoms with Crippen LogP contribution in [0.4, 0.5) is 4.39 Å². The normalized spacial score (nSPS) is 38.9. The third-order valence-electron chi connectivity index (χ3n) is 6.09. The number of halogens is 2. The summed E-state index contributed by atoms with van der Waals surface area (Å²) in [7, 11) is 2.04. The highest BCUT2D eigenvalue weighted by Crippen LogP contribution is 2.70. The van der Waals surface area contributed by atoms with Crippen molar-refractivity contribution in [1.29, 1.82) is 0 Å². The van der Waals surface area contributed by atoms with E-state index in [1.54, 1.807) is 6.07 Å². The van der Waals surface area contributed by atoms with Crippen molar-refractivity contribution in [3.05, 3.63) is 34.1 Å². The van der Waals surface area contributed by atoms with Crippen molar-refractivity contribution in [1.82, 2.24) is 5.32 Å². The van der Waals surface area contributed by atoms with Crippen molar-refractivity contribution in [2.75, 3.05) is 7.05 Å². The standard InChI is InChI=1S/C17H21BrFN/c1-20-14(7-9-4-5-12(18)8-13(9)19)17-15-10-2-3-11(6-10)16(15)17/h4-5,8,10-11,14-17,20H,2-3,6-7H2,1H3. The molecule has 1 aromatic rings. The van der Waals surface area contributed by atoms with Crippen molar-refractivity contribution < 1.29 is 4.39 Å². The van der Waals surface area contributed by atoms with Crippen molar-refractivity contribution in [3.8, 4) is 0 Å². The van der Waals surface area contributed by atoms with Crippen LogP contribution in [0.1, 0.15) is 24.8 Å². The Kier molecular flexibility index (Phi) is 3.19. The summed E-state index contributed by atoms with van der Waals surface area (Å²) in [4.78, 5) is 0. The first-order chi connectivity index (χ1) is 9.69. The third-order valence-corrected chi connectivity index (χ3v) is 6.58. The molecule has 1 aromatic carbocycles. The molecule has 2 bridgehead atoms. The average Bonchev–Trinajstić information content (AvgIpc) is 2.86. The van der Waals surface area contributed by atoms with Crippen LogP contribution in [0.15, 0.2) is 22.7 Å². The zero-order chi connectivity index (χ0) is 13.9. The highest BCUT2D eigenvalue weighted by atomic mass is 79.9. The van der Waals surface area contributed by atoms with Crippen LogP contribution in [0.2, 0.25) is 0 Å². The fourth-order valence-electron chi connectivity index (χ4n) is 5.29. The molecule has 0 heterocycles. The van der Waals surface area contributed by atoms with E-state index in [2.05, 4.69) is 21.2 Å². The molecule has 5 atom stereocenters. The first-order valence-electron chi connectivity index (χ1n) is 7.80. The van der Waals surface area contributed by atoms with Crippen LogP contribution in [-0.4, -0.2) is 13.1 Å². The van der Waals surface area contributed by atoms with Gasteiger partial charge in [0.05, 0.1) is 0 Å². The number of likely N-dealkylation sites (N-methyl/N-ethyl adjacent to an activating group) is 1. The Hall–Kier alpha value is -0.410. The lowest BCUT2D eigenvalue weighted by atomic mass is 9.93. The molecule has 4 rings (SSSR count). The van der Waals surface area contributed by atoms with Crippen LogP contribution >= 0.6 is 15.9 Å². The zero-order valence-electron chi connectivity index (χ0n) is 11.8. The summed E-state index contributed by atoms with van der Waals surface area (Å²) in [6, 6.07) is 5.91. The summed E-state index contributed by atoms with van der Waals surface area (Å²) < 4.78 is 14.8. The maximum absolute atomic E-state index is 14.0. The molecule has 0 radical (unpaired) electrons. The first kappa shape index (κ1) is 13.3. The summed E-state index contributed by atoms with van der Waals surface area (Å²) in [5.74, 6) is 4.60. The van der Waals surface area contributed by atoms with E-state index in [1.807, 2.05) is 19.2 Å². The monoisotopic (exact) mass is 337 g/mol. The summed E-state index contributed by atoms with van der Waals surface area (Å²) in [5.41, 5.74) is 0.852. The van der Waals surface area contributed by atoms with Gasteiger partial charge in [-0.3, -0.25) is 0 Å². The number of hydrogen-bond acceptors (Lipinski definition) is 1. The second-order valence-electron chi connectivity index (χ2n) is 6.90. The second-order valence-corrected chi connectivity index (χ2v) is 7.82. The molecule has 3 saturated carbocycles. The molecule has 0 amide bonds. The molecule has 3 aliphatic carbocycles. The lowest BCUT2D eigenvalue weighted by molar-refractivity contribution is 0.373. The lowest BCUT2D eigenvalue weighted by Crippen LogP contribution is -2.32. The zero-order valence-corrected chi connectivity index (χ0v) is 13.4. The van der Waals surface area contributed by atoms with Gasteiger partial charge in [0.15, 0.2) is 0 Å². The van der Waals surface area contributed by atoms with Gasteiger partial charge in [0, 0.05) is 10.5 Å². The van der Waals surface area contributed by atoms with Gasteiger partial charge >= 0.3 is 0 Å². The number of fused-ring (bicyclic) bond motifs is 5. The SMILES string of the molecule is CNC(Cc1ccc(Br)cc1F)C1C2C3CCC(C3)C21. The van der Waals surface area contributed by atoms with E-state index in [0.717, 1.165) is 46.0 Å². The fraction of sp³-hybridized carbons (Fsp3) is 0.647. The Morgan fingerprint density at radius 3 is 2.60 bits per heavy atom. The molecular formula is C17H21BrFN. The Morgan fingerprint density at radius 2 is 2.00 bits per heavy atom. The molecule has 108 valence electrons. The number of nitrogens with one attached hydrogen (secondary N) is 1. The third kappa shape index (κ3) is 1.97. The topological polar surface area (TPSA) is 12.0 Å². The smallest absolute Gasteiger partial charge is 0.127 e. The Bertz CT molecular complexity index is 516. The van der Waals surface area contributed by atoms with Gasteiger partial charge in [-0.15, -0.1) is 0 Å².